The van der Waals surface area contributed by atoms with Crippen molar-refractivity contribution in [3.8, 4) is 5.75 Å². The Balaban J connectivity index is 1.92. The van der Waals surface area contributed by atoms with E-state index in [0.29, 0.717) is 15.9 Å². The minimum atomic E-state index is -0.701. The predicted molar refractivity (Wildman–Crippen MR) is 91.0 cm³/mol. The molecule has 8 heteroatoms. The molecule has 0 aliphatic heterocycles. The molecule has 0 fully saturated rings. The van der Waals surface area contributed by atoms with E-state index in [9.17, 15) is 4.79 Å². The van der Waals surface area contributed by atoms with Crippen LogP contribution in [0.5, 0.6) is 5.75 Å². The Bertz CT molecular complexity index is 663. The molecule has 1 atom stereocenters. The van der Waals surface area contributed by atoms with Gasteiger partial charge in [-0.3, -0.25) is 10.1 Å². The van der Waals surface area contributed by atoms with Crippen LogP contribution in [0.1, 0.15) is 6.92 Å². The van der Waals surface area contributed by atoms with Crippen LogP contribution in [0.25, 0.3) is 0 Å². The van der Waals surface area contributed by atoms with Crippen molar-refractivity contribution in [3.05, 3.63) is 41.9 Å². The smallest absolute Gasteiger partial charge is 0.266 e. The number of anilines is 1. The number of nitrogens with zero attached hydrogens (tertiary/aromatic N) is 2. The molecule has 22 heavy (non-hydrogen) atoms. The molecule has 0 aliphatic rings. The number of hydrogen-bond acceptors (Lipinski definition) is 6. The number of thioether (sulfide) groups is 1. The average molecular weight is 356 g/mol. The Morgan fingerprint density at radius 2 is 2.32 bits per heavy atom. The standard InChI is InChI=1S/C14H14ClN3O2S2/c1-3-8-21-14-18-17-13(22-14)16-12(19)9(2)20-11-7-5-4-6-10(11)15/h3-7,9H,1,8H2,2H3,(H,16,17,19)/t9-/m1/s1. The molecule has 1 heterocycles. The number of aromatic nitrogens is 2. The van der Waals surface area contributed by atoms with Crippen LogP contribution in [-0.4, -0.2) is 28.0 Å². The first-order valence-corrected chi connectivity index (χ1v) is 8.57. The summed E-state index contributed by atoms with van der Waals surface area (Å²) >= 11 is 8.81. The van der Waals surface area contributed by atoms with E-state index in [2.05, 4.69) is 22.1 Å². The molecule has 0 unspecified atom stereocenters. The number of benzene rings is 1. The summed E-state index contributed by atoms with van der Waals surface area (Å²) in [4.78, 5) is 12.1. The summed E-state index contributed by atoms with van der Waals surface area (Å²) in [6.45, 7) is 5.29. The Hall–Kier alpha value is -1.57. The molecule has 0 saturated carbocycles. The first kappa shape index (κ1) is 16.8. The fraction of sp³-hybridized carbons (Fsp3) is 0.214. The molecule has 0 aliphatic carbocycles. The quantitative estimate of drug-likeness (QED) is 0.464. The van der Waals surface area contributed by atoms with Gasteiger partial charge in [-0.05, 0) is 19.1 Å². The lowest BCUT2D eigenvalue weighted by Gasteiger charge is -2.14. The first-order valence-electron chi connectivity index (χ1n) is 6.39. The van der Waals surface area contributed by atoms with E-state index in [1.54, 1.807) is 37.3 Å². The zero-order chi connectivity index (χ0) is 15.9. The molecule has 0 bridgehead atoms. The number of hydrogen-bond donors (Lipinski definition) is 1. The van der Waals surface area contributed by atoms with Gasteiger partial charge in [-0.15, -0.1) is 16.8 Å². The number of ether oxygens (including phenoxy) is 1. The first-order chi connectivity index (χ1) is 10.6. The Morgan fingerprint density at radius 1 is 1.55 bits per heavy atom. The molecular weight excluding hydrogens is 342 g/mol. The van der Waals surface area contributed by atoms with E-state index in [1.807, 2.05) is 0 Å². The van der Waals surface area contributed by atoms with Gasteiger partial charge in [-0.25, -0.2) is 0 Å². The largest absolute Gasteiger partial charge is 0.479 e. The monoisotopic (exact) mass is 355 g/mol. The summed E-state index contributed by atoms with van der Waals surface area (Å²) < 4.78 is 6.32. The third-order valence-corrected chi connectivity index (χ3v) is 4.75. The van der Waals surface area contributed by atoms with Crippen molar-refractivity contribution >= 4 is 45.7 Å². The molecule has 0 saturated heterocycles. The van der Waals surface area contributed by atoms with Crippen molar-refractivity contribution in [1.82, 2.24) is 10.2 Å². The third kappa shape index (κ3) is 4.72. The van der Waals surface area contributed by atoms with Crippen LogP contribution < -0.4 is 10.1 Å². The Kier molecular flexibility index (Phi) is 6.23. The maximum atomic E-state index is 12.1. The fourth-order valence-corrected chi connectivity index (χ4v) is 3.14. The van der Waals surface area contributed by atoms with E-state index >= 15 is 0 Å². The van der Waals surface area contributed by atoms with Crippen LogP contribution in [-0.2, 0) is 4.79 Å². The number of nitrogens with one attached hydrogen (secondary N) is 1. The van der Waals surface area contributed by atoms with Gasteiger partial charge in [0.05, 0.1) is 5.02 Å². The van der Waals surface area contributed by atoms with Gasteiger partial charge >= 0.3 is 0 Å². The van der Waals surface area contributed by atoms with Gasteiger partial charge in [0.2, 0.25) is 5.13 Å². The summed E-state index contributed by atoms with van der Waals surface area (Å²) in [5.74, 6) is 0.900. The topological polar surface area (TPSA) is 64.1 Å². The molecular formula is C14H14ClN3O2S2. The maximum absolute atomic E-state index is 12.1. The Labute approximate surface area is 141 Å². The molecule has 5 nitrogen and oxygen atoms in total. The minimum Gasteiger partial charge on any atom is -0.479 e. The fourth-order valence-electron chi connectivity index (χ4n) is 1.44. The number of carbonyl (C=O) groups excluding carboxylic acids is 1. The van der Waals surface area contributed by atoms with Crippen molar-refractivity contribution in [2.24, 2.45) is 0 Å². The normalized spacial score (nSPS) is 11.7. The van der Waals surface area contributed by atoms with Crippen LogP contribution in [0, 0.1) is 0 Å². The van der Waals surface area contributed by atoms with Crippen LogP contribution >= 0.6 is 34.7 Å². The summed E-state index contributed by atoms with van der Waals surface area (Å²) in [6.07, 6.45) is 1.08. The highest BCUT2D eigenvalue weighted by molar-refractivity contribution is 8.01. The minimum absolute atomic E-state index is 0.309. The highest BCUT2D eigenvalue weighted by atomic mass is 35.5. The van der Waals surface area contributed by atoms with E-state index < -0.39 is 6.10 Å². The number of rotatable bonds is 7. The molecule has 1 aromatic heterocycles. The highest BCUT2D eigenvalue weighted by Crippen LogP contribution is 2.26. The van der Waals surface area contributed by atoms with E-state index in [4.69, 9.17) is 16.3 Å². The number of carbonyl (C=O) groups is 1. The van der Waals surface area contributed by atoms with Crippen molar-refractivity contribution in [3.63, 3.8) is 0 Å². The molecule has 1 aromatic carbocycles. The molecule has 1 N–H and O–H groups in total. The summed E-state index contributed by atoms with van der Waals surface area (Å²) in [6, 6.07) is 7.00. The zero-order valence-electron chi connectivity index (χ0n) is 11.8. The van der Waals surface area contributed by atoms with Crippen LogP contribution in [0.3, 0.4) is 0 Å². The SMILES string of the molecule is C=CCSc1nnc(NC(=O)[C@@H](C)Oc2ccccc2Cl)s1. The van der Waals surface area contributed by atoms with Crippen molar-refractivity contribution in [2.45, 2.75) is 17.4 Å². The molecule has 116 valence electrons. The van der Waals surface area contributed by atoms with Gasteiger partial charge in [0, 0.05) is 5.75 Å². The van der Waals surface area contributed by atoms with Gasteiger partial charge in [0.1, 0.15) is 5.75 Å². The second-order valence-electron chi connectivity index (χ2n) is 4.15. The predicted octanol–water partition coefficient (Wildman–Crippen LogP) is 3.88. The van der Waals surface area contributed by atoms with Crippen LogP contribution in [0.2, 0.25) is 5.02 Å². The summed E-state index contributed by atoms with van der Waals surface area (Å²) in [5.41, 5.74) is 0. The second-order valence-corrected chi connectivity index (χ2v) is 6.80. The van der Waals surface area contributed by atoms with Crippen LogP contribution in [0.4, 0.5) is 5.13 Å². The van der Waals surface area contributed by atoms with E-state index in [-0.39, 0.29) is 5.91 Å². The lowest BCUT2D eigenvalue weighted by molar-refractivity contribution is -0.122. The Morgan fingerprint density at radius 3 is 3.05 bits per heavy atom. The number of amides is 1. The molecule has 0 spiro atoms. The maximum Gasteiger partial charge on any atom is 0.266 e. The third-order valence-electron chi connectivity index (χ3n) is 2.47. The zero-order valence-corrected chi connectivity index (χ0v) is 14.2. The lowest BCUT2D eigenvalue weighted by Crippen LogP contribution is -2.30. The highest BCUT2D eigenvalue weighted by Gasteiger charge is 2.18. The molecule has 2 aromatic rings. The van der Waals surface area contributed by atoms with Gasteiger partial charge in [-0.2, -0.15) is 0 Å². The number of halogens is 1. The van der Waals surface area contributed by atoms with E-state index in [0.717, 1.165) is 10.1 Å². The molecule has 0 radical (unpaired) electrons. The number of para-hydroxylation sites is 1. The molecule has 2 rings (SSSR count). The van der Waals surface area contributed by atoms with Crippen LogP contribution in [0.15, 0.2) is 41.3 Å². The lowest BCUT2D eigenvalue weighted by atomic mass is 10.3. The van der Waals surface area contributed by atoms with Gasteiger partial charge in [0.25, 0.3) is 5.91 Å². The van der Waals surface area contributed by atoms with Gasteiger partial charge in [0.15, 0.2) is 10.4 Å². The van der Waals surface area contributed by atoms with Gasteiger partial charge < -0.3 is 4.74 Å². The van der Waals surface area contributed by atoms with Gasteiger partial charge in [-0.1, -0.05) is 52.9 Å². The van der Waals surface area contributed by atoms with Crippen molar-refractivity contribution in [2.75, 3.05) is 11.1 Å². The molecule has 1 amide bonds. The second kappa shape index (κ2) is 8.17. The van der Waals surface area contributed by atoms with E-state index in [1.165, 1.54) is 23.1 Å². The summed E-state index contributed by atoms with van der Waals surface area (Å²) in [5, 5.41) is 11.5. The van der Waals surface area contributed by atoms with Crippen molar-refractivity contribution < 1.29 is 9.53 Å². The average Bonchev–Trinajstić information content (AvgIpc) is 2.94. The summed E-state index contributed by atoms with van der Waals surface area (Å²) in [7, 11) is 0. The van der Waals surface area contributed by atoms with Crippen molar-refractivity contribution in [1.29, 1.82) is 0 Å².